The number of rotatable bonds is 5. The Hall–Kier alpha value is -2.69. The lowest BCUT2D eigenvalue weighted by molar-refractivity contribution is -0.124. The van der Waals surface area contributed by atoms with Crippen molar-refractivity contribution in [2.45, 2.75) is 58.1 Å². The zero-order valence-electron chi connectivity index (χ0n) is 18.2. The van der Waals surface area contributed by atoms with E-state index in [0.29, 0.717) is 6.42 Å². The summed E-state index contributed by atoms with van der Waals surface area (Å²) in [6, 6.07) is 13.4. The van der Waals surface area contributed by atoms with E-state index in [4.69, 9.17) is 14.2 Å². The van der Waals surface area contributed by atoms with Gasteiger partial charge < -0.3 is 19.5 Å². The van der Waals surface area contributed by atoms with Crippen LogP contribution in [0.3, 0.4) is 0 Å². The lowest BCUT2D eigenvalue weighted by Crippen LogP contribution is -2.42. The van der Waals surface area contributed by atoms with Crippen LogP contribution < -0.4 is 19.5 Å². The van der Waals surface area contributed by atoms with Gasteiger partial charge in [0.1, 0.15) is 22.8 Å². The Morgan fingerprint density at radius 3 is 2.62 bits per heavy atom. The summed E-state index contributed by atoms with van der Waals surface area (Å²) < 4.78 is 17.3. The van der Waals surface area contributed by atoms with Gasteiger partial charge in [-0.15, -0.1) is 0 Å². The highest BCUT2D eigenvalue weighted by molar-refractivity contribution is 5.78. The fraction of sp³-hybridized carbons (Fsp3) is 0.458. The molecule has 0 saturated heterocycles. The minimum atomic E-state index is -0.376. The van der Waals surface area contributed by atoms with Gasteiger partial charge in [0, 0.05) is 12.0 Å². The lowest BCUT2D eigenvalue weighted by Gasteiger charge is -2.38. The Morgan fingerprint density at radius 2 is 1.93 bits per heavy atom. The van der Waals surface area contributed by atoms with Crippen molar-refractivity contribution in [3.8, 4) is 17.2 Å². The van der Waals surface area contributed by atoms with Gasteiger partial charge in [-0.05, 0) is 49.1 Å². The van der Waals surface area contributed by atoms with Crippen LogP contribution in [0.2, 0.25) is 0 Å². The molecule has 3 rings (SSSR count). The van der Waals surface area contributed by atoms with Crippen molar-refractivity contribution in [2.24, 2.45) is 0 Å². The summed E-state index contributed by atoms with van der Waals surface area (Å²) in [5, 5.41) is 3.11. The second-order valence-corrected chi connectivity index (χ2v) is 9.12. The summed E-state index contributed by atoms with van der Waals surface area (Å²) in [6.07, 6.45) is 0.664. The summed E-state index contributed by atoms with van der Waals surface area (Å²) >= 11 is 0. The Bertz CT molecular complexity index is 883. The minimum Gasteiger partial charge on any atom is -0.497 e. The molecule has 1 amide bonds. The number of hydrogen-bond acceptors (Lipinski definition) is 4. The molecule has 156 valence electrons. The predicted molar refractivity (Wildman–Crippen MR) is 114 cm³/mol. The van der Waals surface area contributed by atoms with Crippen molar-refractivity contribution in [3.05, 3.63) is 53.6 Å². The number of para-hydroxylation sites is 1. The average molecular weight is 398 g/mol. The van der Waals surface area contributed by atoms with Gasteiger partial charge in [0.25, 0.3) is 5.91 Å². The Balaban J connectivity index is 1.73. The van der Waals surface area contributed by atoms with Crippen molar-refractivity contribution in [2.75, 3.05) is 13.7 Å². The molecule has 2 aromatic carbocycles. The van der Waals surface area contributed by atoms with E-state index in [0.717, 1.165) is 28.4 Å². The van der Waals surface area contributed by atoms with Crippen molar-refractivity contribution in [3.63, 3.8) is 0 Å². The van der Waals surface area contributed by atoms with Crippen LogP contribution in [0.4, 0.5) is 0 Å². The van der Waals surface area contributed by atoms with Gasteiger partial charge in [-0.2, -0.15) is 0 Å². The van der Waals surface area contributed by atoms with E-state index in [9.17, 15) is 4.79 Å². The highest BCUT2D eigenvalue weighted by Crippen LogP contribution is 2.41. The largest absolute Gasteiger partial charge is 0.497 e. The SMILES string of the molecule is COc1ccc2c(c1)[C@H](NC(=O)COc1ccccc1C(C)(C)C)CC(C)(C)O2. The number of carbonyl (C=O) groups is 1. The molecular formula is C24H31NO4. The number of ether oxygens (including phenoxy) is 3. The molecule has 1 aliphatic heterocycles. The molecule has 1 N–H and O–H groups in total. The summed E-state index contributed by atoms with van der Waals surface area (Å²) in [4.78, 5) is 12.7. The van der Waals surface area contributed by atoms with E-state index in [1.807, 2.05) is 56.3 Å². The van der Waals surface area contributed by atoms with Crippen LogP contribution in [0, 0.1) is 0 Å². The topological polar surface area (TPSA) is 56.8 Å². The van der Waals surface area contributed by atoms with Crippen LogP contribution in [-0.4, -0.2) is 25.2 Å². The van der Waals surface area contributed by atoms with Crippen molar-refractivity contribution < 1.29 is 19.0 Å². The average Bonchev–Trinajstić information content (AvgIpc) is 2.65. The van der Waals surface area contributed by atoms with Gasteiger partial charge in [0.15, 0.2) is 6.61 Å². The third-order valence-electron chi connectivity index (χ3n) is 5.06. The maximum atomic E-state index is 12.7. The van der Waals surface area contributed by atoms with E-state index in [1.165, 1.54) is 0 Å². The van der Waals surface area contributed by atoms with Crippen LogP contribution in [0.15, 0.2) is 42.5 Å². The maximum absolute atomic E-state index is 12.7. The zero-order chi connectivity index (χ0) is 21.2. The third-order valence-corrected chi connectivity index (χ3v) is 5.06. The van der Waals surface area contributed by atoms with E-state index in [2.05, 4.69) is 26.1 Å². The molecule has 1 heterocycles. The number of carbonyl (C=O) groups excluding carboxylic acids is 1. The monoisotopic (exact) mass is 397 g/mol. The summed E-state index contributed by atoms with van der Waals surface area (Å²) in [7, 11) is 1.63. The molecule has 1 atom stereocenters. The van der Waals surface area contributed by atoms with E-state index >= 15 is 0 Å². The van der Waals surface area contributed by atoms with Gasteiger partial charge in [-0.25, -0.2) is 0 Å². The standard InChI is InChI=1S/C24H31NO4/c1-23(2,3)18-9-7-8-10-21(18)28-15-22(26)25-19-14-24(4,5)29-20-12-11-16(27-6)13-17(19)20/h7-13,19H,14-15H2,1-6H3,(H,25,26)/t19-/m1/s1. The Kier molecular flexibility index (Phi) is 5.78. The first kappa shape index (κ1) is 21.0. The van der Waals surface area contributed by atoms with E-state index in [1.54, 1.807) is 7.11 Å². The van der Waals surface area contributed by atoms with Gasteiger partial charge in [0.2, 0.25) is 0 Å². The number of nitrogens with one attached hydrogen (secondary N) is 1. The molecule has 0 aromatic heterocycles. The van der Waals surface area contributed by atoms with Crippen LogP contribution in [0.25, 0.3) is 0 Å². The fourth-order valence-electron chi connectivity index (χ4n) is 3.68. The molecular weight excluding hydrogens is 366 g/mol. The number of amides is 1. The molecule has 0 aliphatic carbocycles. The smallest absolute Gasteiger partial charge is 0.258 e. The van der Waals surface area contributed by atoms with Crippen molar-refractivity contribution in [1.29, 1.82) is 0 Å². The molecule has 0 bridgehead atoms. The Morgan fingerprint density at radius 1 is 1.21 bits per heavy atom. The van der Waals surface area contributed by atoms with Gasteiger partial charge in [-0.1, -0.05) is 39.0 Å². The summed E-state index contributed by atoms with van der Waals surface area (Å²) in [6.45, 7) is 10.4. The Labute approximate surface area is 173 Å². The second kappa shape index (κ2) is 7.97. The minimum absolute atomic E-state index is 0.0375. The lowest BCUT2D eigenvalue weighted by atomic mass is 9.86. The third kappa shape index (κ3) is 5.03. The number of methoxy groups -OCH3 is 1. The molecule has 29 heavy (non-hydrogen) atoms. The second-order valence-electron chi connectivity index (χ2n) is 9.12. The molecule has 0 saturated carbocycles. The van der Waals surface area contributed by atoms with Crippen LogP contribution in [-0.2, 0) is 10.2 Å². The highest BCUT2D eigenvalue weighted by atomic mass is 16.5. The number of fused-ring (bicyclic) bond motifs is 1. The van der Waals surface area contributed by atoms with Crippen LogP contribution >= 0.6 is 0 Å². The van der Waals surface area contributed by atoms with Gasteiger partial charge in [0.05, 0.1) is 13.2 Å². The number of hydrogen-bond donors (Lipinski definition) is 1. The zero-order valence-corrected chi connectivity index (χ0v) is 18.2. The molecule has 5 heteroatoms. The first-order chi connectivity index (χ1) is 13.6. The normalized spacial score (nSPS) is 17.7. The van der Waals surface area contributed by atoms with Crippen LogP contribution in [0.5, 0.6) is 17.2 Å². The van der Waals surface area contributed by atoms with Crippen LogP contribution in [0.1, 0.15) is 58.2 Å². The summed E-state index contributed by atoms with van der Waals surface area (Å²) in [5.41, 5.74) is 1.56. The quantitative estimate of drug-likeness (QED) is 0.788. The fourth-order valence-corrected chi connectivity index (χ4v) is 3.68. The molecule has 0 fully saturated rings. The summed E-state index contributed by atoms with van der Waals surface area (Å²) in [5.74, 6) is 2.09. The van der Waals surface area contributed by atoms with E-state index in [-0.39, 0.29) is 29.6 Å². The molecule has 5 nitrogen and oxygen atoms in total. The van der Waals surface area contributed by atoms with Crippen molar-refractivity contribution in [1.82, 2.24) is 5.32 Å². The van der Waals surface area contributed by atoms with Gasteiger partial charge in [-0.3, -0.25) is 4.79 Å². The predicted octanol–water partition coefficient (Wildman–Crippen LogP) is 4.79. The van der Waals surface area contributed by atoms with E-state index < -0.39 is 0 Å². The van der Waals surface area contributed by atoms with Gasteiger partial charge >= 0.3 is 0 Å². The number of benzene rings is 2. The first-order valence-corrected chi connectivity index (χ1v) is 9.98. The molecule has 0 spiro atoms. The molecule has 0 unspecified atom stereocenters. The maximum Gasteiger partial charge on any atom is 0.258 e. The molecule has 1 aliphatic rings. The van der Waals surface area contributed by atoms with Crippen molar-refractivity contribution >= 4 is 5.91 Å². The molecule has 2 aromatic rings. The first-order valence-electron chi connectivity index (χ1n) is 9.98. The molecule has 0 radical (unpaired) electrons. The highest BCUT2D eigenvalue weighted by Gasteiger charge is 2.35.